The Kier molecular flexibility index (Phi) is 4.73. The molecule has 3 aromatic rings. The van der Waals surface area contributed by atoms with E-state index < -0.39 is 0 Å². The van der Waals surface area contributed by atoms with Crippen LogP contribution in [0.2, 0.25) is 0 Å². The fourth-order valence-corrected chi connectivity index (χ4v) is 3.88. The molecule has 6 heteroatoms. The van der Waals surface area contributed by atoms with Gasteiger partial charge in [0.25, 0.3) is 0 Å². The van der Waals surface area contributed by atoms with Gasteiger partial charge in [0.2, 0.25) is 5.91 Å². The number of aryl methyl sites for hydroxylation is 2. The summed E-state index contributed by atoms with van der Waals surface area (Å²) in [6.45, 7) is 3.50. The maximum absolute atomic E-state index is 12.6. The number of fused-ring (bicyclic) bond motifs is 1. The third kappa shape index (κ3) is 3.49. The van der Waals surface area contributed by atoms with E-state index in [4.69, 9.17) is 0 Å². The zero-order valence-corrected chi connectivity index (χ0v) is 15.2. The van der Waals surface area contributed by atoms with E-state index >= 15 is 0 Å². The van der Waals surface area contributed by atoms with Crippen molar-refractivity contribution >= 4 is 16.8 Å². The van der Waals surface area contributed by atoms with Crippen LogP contribution in [0.1, 0.15) is 48.8 Å². The molecular formula is C20H25N5O. The third-order valence-corrected chi connectivity index (χ3v) is 5.27. The Morgan fingerprint density at radius 1 is 1.35 bits per heavy atom. The van der Waals surface area contributed by atoms with Crippen molar-refractivity contribution in [3.8, 4) is 0 Å². The minimum Gasteiger partial charge on any atom is -0.361 e. The Labute approximate surface area is 153 Å². The Morgan fingerprint density at radius 3 is 3.08 bits per heavy atom. The molecule has 4 rings (SSSR count). The van der Waals surface area contributed by atoms with Gasteiger partial charge in [0.1, 0.15) is 5.82 Å². The van der Waals surface area contributed by atoms with Crippen molar-refractivity contribution in [3.05, 3.63) is 47.7 Å². The van der Waals surface area contributed by atoms with Gasteiger partial charge in [-0.1, -0.05) is 18.2 Å². The summed E-state index contributed by atoms with van der Waals surface area (Å²) < 4.78 is 0. The van der Waals surface area contributed by atoms with E-state index in [1.807, 2.05) is 17.9 Å². The van der Waals surface area contributed by atoms with Crippen molar-refractivity contribution in [3.63, 3.8) is 0 Å². The van der Waals surface area contributed by atoms with E-state index in [1.54, 1.807) is 0 Å². The van der Waals surface area contributed by atoms with E-state index in [0.717, 1.165) is 55.9 Å². The van der Waals surface area contributed by atoms with E-state index in [1.165, 1.54) is 10.9 Å². The highest BCUT2D eigenvalue weighted by molar-refractivity contribution is 5.83. The molecule has 1 saturated heterocycles. The van der Waals surface area contributed by atoms with Gasteiger partial charge in [0.05, 0.1) is 0 Å². The second-order valence-corrected chi connectivity index (χ2v) is 7.17. The predicted octanol–water partition coefficient (Wildman–Crippen LogP) is 3.32. The summed E-state index contributed by atoms with van der Waals surface area (Å²) >= 11 is 0. The smallest absolute Gasteiger partial charge is 0.222 e. The molecule has 1 fully saturated rings. The van der Waals surface area contributed by atoms with Gasteiger partial charge in [-0.05, 0) is 44.2 Å². The summed E-state index contributed by atoms with van der Waals surface area (Å²) in [5.41, 5.74) is 2.45. The second kappa shape index (κ2) is 7.32. The zero-order valence-electron chi connectivity index (χ0n) is 15.2. The van der Waals surface area contributed by atoms with E-state index in [-0.39, 0.29) is 11.8 Å². The van der Waals surface area contributed by atoms with Gasteiger partial charge in [-0.3, -0.25) is 9.89 Å². The fraction of sp³-hybridized carbons (Fsp3) is 0.450. The molecule has 1 amide bonds. The Bertz CT molecular complexity index is 896. The summed E-state index contributed by atoms with van der Waals surface area (Å²) in [4.78, 5) is 22.4. The summed E-state index contributed by atoms with van der Waals surface area (Å²) in [5.74, 6) is 2.19. The SMILES string of the molecule is Cc1nc(C2CCCN(C(=O)CCCc3c[nH]c4ccccc34)C2)n[nH]1. The van der Waals surface area contributed by atoms with Gasteiger partial charge in [0.15, 0.2) is 5.82 Å². The van der Waals surface area contributed by atoms with Crippen LogP contribution in [-0.2, 0) is 11.2 Å². The highest BCUT2D eigenvalue weighted by atomic mass is 16.2. The number of carbonyl (C=O) groups is 1. The first-order valence-corrected chi connectivity index (χ1v) is 9.42. The van der Waals surface area contributed by atoms with Crippen LogP contribution < -0.4 is 0 Å². The van der Waals surface area contributed by atoms with Crippen LogP contribution in [0.5, 0.6) is 0 Å². The number of nitrogens with one attached hydrogen (secondary N) is 2. The monoisotopic (exact) mass is 351 g/mol. The van der Waals surface area contributed by atoms with Gasteiger partial charge < -0.3 is 9.88 Å². The standard InChI is InChI=1S/C20H25N5O/c1-14-22-20(24-23-14)16-7-5-11-25(13-16)19(26)10-4-6-15-12-21-18-9-3-2-8-17(15)18/h2-3,8-9,12,16,21H,4-7,10-11,13H2,1H3,(H,22,23,24). The number of H-pyrrole nitrogens is 2. The minimum atomic E-state index is 0.252. The molecule has 26 heavy (non-hydrogen) atoms. The number of aromatic nitrogens is 4. The first-order chi connectivity index (χ1) is 12.7. The van der Waals surface area contributed by atoms with Crippen molar-refractivity contribution in [1.82, 2.24) is 25.1 Å². The first kappa shape index (κ1) is 16.8. The van der Waals surface area contributed by atoms with Crippen LogP contribution in [-0.4, -0.2) is 44.1 Å². The van der Waals surface area contributed by atoms with E-state index in [9.17, 15) is 4.79 Å². The third-order valence-electron chi connectivity index (χ3n) is 5.27. The highest BCUT2D eigenvalue weighted by Crippen LogP contribution is 2.25. The number of carbonyl (C=O) groups excluding carboxylic acids is 1. The molecule has 136 valence electrons. The molecule has 1 atom stereocenters. The molecule has 0 spiro atoms. The van der Waals surface area contributed by atoms with Crippen molar-refractivity contribution in [2.45, 2.75) is 44.9 Å². The number of amides is 1. The van der Waals surface area contributed by atoms with Gasteiger partial charge in [-0.15, -0.1) is 0 Å². The molecule has 0 radical (unpaired) electrons. The molecule has 1 unspecified atom stereocenters. The molecule has 6 nitrogen and oxygen atoms in total. The quantitative estimate of drug-likeness (QED) is 0.740. The number of rotatable bonds is 5. The molecular weight excluding hydrogens is 326 g/mol. The summed E-state index contributed by atoms with van der Waals surface area (Å²) in [5, 5.41) is 8.45. The van der Waals surface area contributed by atoms with Crippen LogP contribution >= 0.6 is 0 Å². The highest BCUT2D eigenvalue weighted by Gasteiger charge is 2.26. The number of hydrogen-bond acceptors (Lipinski definition) is 3. The first-order valence-electron chi connectivity index (χ1n) is 9.42. The molecule has 2 N–H and O–H groups in total. The van der Waals surface area contributed by atoms with Crippen molar-refractivity contribution in [2.24, 2.45) is 0 Å². The van der Waals surface area contributed by atoms with Crippen LogP contribution in [0.3, 0.4) is 0 Å². The van der Waals surface area contributed by atoms with Crippen LogP contribution in [0.25, 0.3) is 10.9 Å². The Hall–Kier alpha value is -2.63. The summed E-state index contributed by atoms with van der Waals surface area (Å²) in [7, 11) is 0. The maximum atomic E-state index is 12.6. The number of benzene rings is 1. The molecule has 2 aromatic heterocycles. The second-order valence-electron chi connectivity index (χ2n) is 7.17. The lowest BCUT2D eigenvalue weighted by atomic mass is 9.97. The average Bonchev–Trinajstić information content (AvgIpc) is 3.28. The summed E-state index contributed by atoms with van der Waals surface area (Å²) in [6.07, 6.45) is 6.54. The minimum absolute atomic E-state index is 0.252. The number of para-hydroxylation sites is 1. The van der Waals surface area contributed by atoms with Gasteiger partial charge in [0, 0.05) is 42.5 Å². The molecule has 0 bridgehead atoms. The Morgan fingerprint density at radius 2 is 2.23 bits per heavy atom. The predicted molar refractivity (Wildman–Crippen MR) is 101 cm³/mol. The van der Waals surface area contributed by atoms with Crippen molar-refractivity contribution in [1.29, 1.82) is 0 Å². The topological polar surface area (TPSA) is 77.7 Å². The molecule has 1 aliphatic heterocycles. The van der Waals surface area contributed by atoms with Crippen LogP contribution in [0.15, 0.2) is 30.5 Å². The van der Waals surface area contributed by atoms with Crippen molar-refractivity contribution < 1.29 is 4.79 Å². The largest absolute Gasteiger partial charge is 0.361 e. The molecule has 0 aliphatic carbocycles. The molecule has 1 aliphatic rings. The lowest BCUT2D eigenvalue weighted by Gasteiger charge is -2.31. The summed E-state index contributed by atoms with van der Waals surface area (Å²) in [6, 6.07) is 8.32. The number of likely N-dealkylation sites (tertiary alicyclic amines) is 1. The zero-order chi connectivity index (χ0) is 17.9. The fourth-order valence-electron chi connectivity index (χ4n) is 3.88. The van der Waals surface area contributed by atoms with Crippen LogP contribution in [0, 0.1) is 6.92 Å². The number of aromatic amines is 2. The van der Waals surface area contributed by atoms with E-state index in [0.29, 0.717) is 6.42 Å². The maximum Gasteiger partial charge on any atom is 0.222 e. The average molecular weight is 351 g/mol. The Balaban J connectivity index is 1.31. The number of nitrogens with zero attached hydrogens (tertiary/aromatic N) is 3. The van der Waals surface area contributed by atoms with Gasteiger partial charge in [-0.2, -0.15) is 5.10 Å². The van der Waals surface area contributed by atoms with Crippen LogP contribution in [0.4, 0.5) is 0 Å². The van der Waals surface area contributed by atoms with Gasteiger partial charge in [-0.25, -0.2) is 4.98 Å². The number of piperidine rings is 1. The van der Waals surface area contributed by atoms with Crippen molar-refractivity contribution in [2.75, 3.05) is 13.1 Å². The van der Waals surface area contributed by atoms with E-state index in [2.05, 4.69) is 44.6 Å². The number of hydrogen-bond donors (Lipinski definition) is 2. The lowest BCUT2D eigenvalue weighted by Crippen LogP contribution is -2.39. The van der Waals surface area contributed by atoms with Gasteiger partial charge >= 0.3 is 0 Å². The molecule has 0 saturated carbocycles. The molecule has 3 heterocycles. The molecule has 1 aromatic carbocycles. The lowest BCUT2D eigenvalue weighted by molar-refractivity contribution is -0.132. The normalized spacial score (nSPS) is 17.7.